The van der Waals surface area contributed by atoms with Crippen LogP contribution in [0.3, 0.4) is 0 Å². The molecule has 19 heavy (non-hydrogen) atoms. The van der Waals surface area contributed by atoms with Crippen LogP contribution in [0.5, 0.6) is 0 Å². The predicted octanol–water partition coefficient (Wildman–Crippen LogP) is 2.99. The normalized spacial score (nSPS) is 12.9. The van der Waals surface area contributed by atoms with Gasteiger partial charge < -0.3 is 0 Å². The van der Waals surface area contributed by atoms with E-state index in [2.05, 4.69) is 11.1 Å². The number of amides is 1. The van der Waals surface area contributed by atoms with Crippen LogP contribution in [0, 0.1) is 11.3 Å². The van der Waals surface area contributed by atoms with E-state index in [0.717, 1.165) is 16.7 Å². The van der Waals surface area contributed by atoms with Gasteiger partial charge in [-0.2, -0.15) is 5.26 Å². The van der Waals surface area contributed by atoms with Gasteiger partial charge in [-0.15, -0.1) is 0 Å². The SMILES string of the molecule is N#Cc1cccc(-c2ccc3c(c2)C(=O)N=CC3)c1. The molecule has 1 aliphatic heterocycles. The Kier molecular flexibility index (Phi) is 2.70. The van der Waals surface area contributed by atoms with Gasteiger partial charge in [-0.1, -0.05) is 24.3 Å². The smallest absolute Gasteiger partial charge is 0.267 e. The van der Waals surface area contributed by atoms with Crippen LogP contribution < -0.4 is 0 Å². The van der Waals surface area contributed by atoms with Crippen LogP contribution in [0.2, 0.25) is 0 Å². The zero-order valence-corrected chi connectivity index (χ0v) is 10.1. The van der Waals surface area contributed by atoms with E-state index in [1.807, 2.05) is 36.4 Å². The Labute approximate surface area is 110 Å². The molecule has 0 N–H and O–H groups in total. The fraction of sp³-hybridized carbons (Fsp3) is 0.0625. The van der Waals surface area contributed by atoms with Gasteiger partial charge in [0.1, 0.15) is 0 Å². The fourth-order valence-electron chi connectivity index (χ4n) is 2.20. The van der Waals surface area contributed by atoms with Gasteiger partial charge in [0.15, 0.2) is 0 Å². The summed E-state index contributed by atoms with van der Waals surface area (Å²) in [7, 11) is 0. The van der Waals surface area contributed by atoms with E-state index in [0.29, 0.717) is 17.5 Å². The fourth-order valence-corrected chi connectivity index (χ4v) is 2.20. The van der Waals surface area contributed by atoms with Crippen molar-refractivity contribution in [3.8, 4) is 17.2 Å². The van der Waals surface area contributed by atoms with E-state index in [9.17, 15) is 4.79 Å². The summed E-state index contributed by atoms with van der Waals surface area (Å²) in [5.74, 6) is -0.195. The van der Waals surface area contributed by atoms with Crippen molar-refractivity contribution in [3.05, 3.63) is 59.2 Å². The molecule has 0 radical (unpaired) electrons. The van der Waals surface area contributed by atoms with Crippen LogP contribution in [0.4, 0.5) is 0 Å². The van der Waals surface area contributed by atoms with Crippen LogP contribution in [-0.2, 0) is 6.42 Å². The third-order valence-corrected chi connectivity index (χ3v) is 3.19. The van der Waals surface area contributed by atoms with Gasteiger partial charge in [0.05, 0.1) is 11.6 Å². The molecule has 2 aromatic rings. The van der Waals surface area contributed by atoms with Gasteiger partial charge in [-0.3, -0.25) is 4.79 Å². The number of benzene rings is 2. The molecular weight excluding hydrogens is 236 g/mol. The van der Waals surface area contributed by atoms with Gasteiger partial charge in [-0.05, 0) is 34.9 Å². The number of aliphatic imine (C=N–C) groups is 1. The van der Waals surface area contributed by atoms with Gasteiger partial charge in [0, 0.05) is 18.2 Å². The molecule has 0 fully saturated rings. The molecule has 3 nitrogen and oxygen atoms in total. The molecule has 0 aliphatic carbocycles. The van der Waals surface area contributed by atoms with Crippen molar-refractivity contribution < 1.29 is 4.79 Å². The van der Waals surface area contributed by atoms with Crippen molar-refractivity contribution in [3.63, 3.8) is 0 Å². The topological polar surface area (TPSA) is 53.2 Å². The third-order valence-electron chi connectivity index (χ3n) is 3.19. The highest BCUT2D eigenvalue weighted by Gasteiger charge is 2.14. The quantitative estimate of drug-likeness (QED) is 0.776. The average molecular weight is 246 g/mol. The van der Waals surface area contributed by atoms with Gasteiger partial charge in [0.25, 0.3) is 5.91 Å². The lowest BCUT2D eigenvalue weighted by atomic mass is 9.95. The molecule has 0 saturated carbocycles. The third kappa shape index (κ3) is 2.04. The van der Waals surface area contributed by atoms with Crippen molar-refractivity contribution >= 4 is 12.1 Å². The predicted molar refractivity (Wildman–Crippen MR) is 73.1 cm³/mol. The number of hydrogen-bond acceptors (Lipinski definition) is 2. The Morgan fingerprint density at radius 3 is 2.79 bits per heavy atom. The van der Waals surface area contributed by atoms with E-state index in [1.54, 1.807) is 12.3 Å². The van der Waals surface area contributed by atoms with E-state index < -0.39 is 0 Å². The lowest BCUT2D eigenvalue weighted by molar-refractivity contribution is 0.100. The number of nitrogens with zero attached hydrogens (tertiary/aromatic N) is 2. The molecule has 0 bridgehead atoms. The summed E-state index contributed by atoms with van der Waals surface area (Å²) >= 11 is 0. The Morgan fingerprint density at radius 2 is 1.95 bits per heavy atom. The molecule has 3 rings (SSSR count). The van der Waals surface area contributed by atoms with E-state index in [4.69, 9.17) is 5.26 Å². The number of carbonyl (C=O) groups is 1. The number of hydrogen-bond donors (Lipinski definition) is 0. The first-order valence-electron chi connectivity index (χ1n) is 5.98. The summed E-state index contributed by atoms with van der Waals surface area (Å²) in [4.78, 5) is 15.6. The Morgan fingerprint density at radius 1 is 1.11 bits per heavy atom. The first-order chi connectivity index (χ1) is 9.28. The first kappa shape index (κ1) is 11.4. The van der Waals surface area contributed by atoms with E-state index >= 15 is 0 Å². The van der Waals surface area contributed by atoms with Crippen molar-refractivity contribution in [2.24, 2.45) is 4.99 Å². The van der Waals surface area contributed by atoms with E-state index in [-0.39, 0.29) is 5.91 Å². The molecule has 1 amide bonds. The second-order valence-corrected chi connectivity index (χ2v) is 4.39. The minimum Gasteiger partial charge on any atom is -0.267 e. The highest BCUT2D eigenvalue weighted by Crippen LogP contribution is 2.25. The zero-order valence-electron chi connectivity index (χ0n) is 10.1. The molecule has 0 aromatic heterocycles. The standard InChI is InChI=1S/C16H10N2O/c17-10-11-2-1-3-13(8-11)14-5-4-12-6-7-18-16(19)15(12)9-14/h1-5,7-9H,6H2. The molecule has 0 unspecified atom stereocenters. The van der Waals surface area contributed by atoms with Crippen molar-refractivity contribution in [1.82, 2.24) is 0 Å². The van der Waals surface area contributed by atoms with Crippen molar-refractivity contribution in [2.75, 3.05) is 0 Å². The lowest BCUT2D eigenvalue weighted by Gasteiger charge is -2.11. The molecule has 0 atom stereocenters. The summed E-state index contributed by atoms with van der Waals surface area (Å²) < 4.78 is 0. The Balaban J connectivity index is 2.10. The Hall–Kier alpha value is -2.73. The number of rotatable bonds is 1. The maximum Gasteiger partial charge on any atom is 0.276 e. The molecule has 1 heterocycles. The molecule has 90 valence electrons. The molecule has 1 aliphatic rings. The largest absolute Gasteiger partial charge is 0.276 e. The van der Waals surface area contributed by atoms with Crippen LogP contribution >= 0.6 is 0 Å². The highest BCUT2D eigenvalue weighted by molar-refractivity contribution is 6.04. The van der Waals surface area contributed by atoms with Gasteiger partial charge >= 0.3 is 0 Å². The minimum atomic E-state index is -0.195. The summed E-state index contributed by atoms with van der Waals surface area (Å²) in [6, 6.07) is 15.2. The first-order valence-corrected chi connectivity index (χ1v) is 5.98. The second kappa shape index (κ2) is 4.51. The maximum atomic E-state index is 11.7. The number of nitriles is 1. The lowest BCUT2D eigenvalue weighted by Crippen LogP contribution is -2.08. The van der Waals surface area contributed by atoms with Crippen LogP contribution in [-0.4, -0.2) is 12.1 Å². The number of fused-ring (bicyclic) bond motifs is 1. The van der Waals surface area contributed by atoms with Crippen LogP contribution in [0.1, 0.15) is 21.5 Å². The highest BCUT2D eigenvalue weighted by atomic mass is 16.1. The van der Waals surface area contributed by atoms with Crippen molar-refractivity contribution in [1.29, 1.82) is 5.26 Å². The molecule has 3 heteroatoms. The minimum absolute atomic E-state index is 0.195. The van der Waals surface area contributed by atoms with E-state index in [1.165, 1.54) is 0 Å². The Bertz CT molecular complexity index is 739. The second-order valence-electron chi connectivity index (χ2n) is 4.39. The monoisotopic (exact) mass is 246 g/mol. The summed E-state index contributed by atoms with van der Waals surface area (Å²) in [6.07, 6.45) is 2.33. The van der Waals surface area contributed by atoms with Crippen LogP contribution in [0.25, 0.3) is 11.1 Å². The zero-order chi connectivity index (χ0) is 13.2. The average Bonchev–Trinajstić information content (AvgIpc) is 2.47. The molecule has 2 aromatic carbocycles. The summed E-state index contributed by atoms with van der Waals surface area (Å²) in [6.45, 7) is 0. The maximum absolute atomic E-state index is 11.7. The van der Waals surface area contributed by atoms with Crippen molar-refractivity contribution in [2.45, 2.75) is 6.42 Å². The molecule has 0 spiro atoms. The molecular formula is C16H10N2O. The number of carbonyl (C=O) groups excluding carboxylic acids is 1. The summed E-state index contributed by atoms with van der Waals surface area (Å²) in [5.41, 5.74) is 4.13. The molecule has 0 saturated heterocycles. The van der Waals surface area contributed by atoms with Gasteiger partial charge in [-0.25, -0.2) is 4.99 Å². The summed E-state index contributed by atoms with van der Waals surface area (Å²) in [5, 5.41) is 8.92. The van der Waals surface area contributed by atoms with Crippen LogP contribution in [0.15, 0.2) is 47.5 Å². The van der Waals surface area contributed by atoms with Gasteiger partial charge in [0.2, 0.25) is 0 Å².